The maximum Gasteiger partial charge on any atom is 0.0322 e. The summed E-state index contributed by atoms with van der Waals surface area (Å²) in [6.07, 6.45) is 0.773. The summed E-state index contributed by atoms with van der Waals surface area (Å²) in [6, 6.07) is 10.6. The van der Waals surface area contributed by atoms with Gasteiger partial charge in [-0.2, -0.15) is 0 Å². The number of hydrogen-bond donors (Lipinski definition) is 1. The van der Waals surface area contributed by atoms with Crippen molar-refractivity contribution >= 4 is 0 Å². The van der Waals surface area contributed by atoms with Gasteiger partial charge in [-0.25, -0.2) is 0 Å². The lowest BCUT2D eigenvalue weighted by molar-refractivity contribution is 0.299. The molecule has 1 fully saturated rings. The van der Waals surface area contributed by atoms with Crippen LogP contribution in [0.4, 0.5) is 0 Å². The summed E-state index contributed by atoms with van der Waals surface area (Å²) >= 11 is 0. The van der Waals surface area contributed by atoms with Crippen molar-refractivity contribution in [3.8, 4) is 0 Å². The molecule has 1 aliphatic heterocycles. The Morgan fingerprint density at radius 3 is 2.93 bits per heavy atom. The average molecular weight is 191 g/mol. The summed E-state index contributed by atoms with van der Waals surface area (Å²) in [4.78, 5) is 0. The quantitative estimate of drug-likeness (QED) is 0.757. The largest absolute Gasteiger partial charge is 0.310 e. The van der Waals surface area contributed by atoms with Gasteiger partial charge >= 0.3 is 0 Å². The molecule has 1 N–H and O–H groups in total. The van der Waals surface area contributed by atoms with Crippen LogP contribution in [0.1, 0.15) is 40.5 Å². The van der Waals surface area contributed by atoms with Crippen molar-refractivity contribution < 1.29 is 2.74 Å². The molecule has 0 radical (unpaired) electrons. The van der Waals surface area contributed by atoms with Gasteiger partial charge in [0.1, 0.15) is 0 Å². The molecule has 0 aliphatic carbocycles. The molecule has 0 saturated carbocycles. The number of nitrogens with one attached hydrogen (secondary N) is 1. The van der Waals surface area contributed by atoms with Crippen LogP contribution in [-0.2, 0) is 0 Å². The van der Waals surface area contributed by atoms with E-state index in [9.17, 15) is 0 Å². The van der Waals surface area contributed by atoms with Crippen LogP contribution in [-0.4, -0.2) is 6.54 Å². The molecule has 0 spiro atoms. The molecule has 0 bridgehead atoms. The number of hydrogen-bond acceptors (Lipinski definition) is 1. The van der Waals surface area contributed by atoms with Crippen LogP contribution < -0.4 is 5.32 Å². The summed E-state index contributed by atoms with van der Waals surface area (Å²) in [6.45, 7) is 2.61. The van der Waals surface area contributed by atoms with E-state index in [-0.39, 0.29) is 5.92 Å². The highest BCUT2D eigenvalue weighted by Crippen LogP contribution is 2.28. The third kappa shape index (κ3) is 2.16. The summed E-state index contributed by atoms with van der Waals surface area (Å²) in [7, 11) is 0. The van der Waals surface area contributed by atoms with Gasteiger partial charge in [-0.15, -0.1) is 0 Å². The van der Waals surface area contributed by atoms with E-state index in [2.05, 4.69) is 17.4 Å². The molecule has 1 nitrogen and oxygen atoms in total. The van der Waals surface area contributed by atoms with Crippen molar-refractivity contribution in [3.05, 3.63) is 35.9 Å². The Hall–Kier alpha value is -0.820. The van der Waals surface area contributed by atoms with Gasteiger partial charge in [0.25, 0.3) is 0 Å². The third-order valence-electron chi connectivity index (χ3n) is 3.01. The molecule has 0 aromatic heterocycles. The lowest BCUT2D eigenvalue weighted by Gasteiger charge is -2.30. The van der Waals surface area contributed by atoms with Crippen LogP contribution in [0.5, 0.6) is 0 Å². The minimum Gasteiger partial charge on any atom is -0.310 e. The van der Waals surface area contributed by atoms with Gasteiger partial charge in [0.2, 0.25) is 0 Å². The van der Waals surface area contributed by atoms with E-state index in [1.54, 1.807) is 6.92 Å². The molecular formula is C13H19N. The highest BCUT2D eigenvalue weighted by atomic mass is 14.9. The number of rotatable bonds is 2. The molecule has 1 heteroatoms. The van der Waals surface area contributed by atoms with Crippen molar-refractivity contribution in [1.82, 2.24) is 5.32 Å². The van der Waals surface area contributed by atoms with E-state index < -0.39 is 6.37 Å². The van der Waals surface area contributed by atoms with E-state index in [1.807, 2.05) is 18.2 Å². The lowest BCUT2D eigenvalue weighted by atomic mass is 9.87. The first-order chi connectivity index (χ1) is 7.57. The molecule has 1 heterocycles. The van der Waals surface area contributed by atoms with Crippen LogP contribution >= 0.6 is 0 Å². The van der Waals surface area contributed by atoms with Gasteiger partial charge in [0.05, 0.1) is 0 Å². The first-order valence-electron chi connectivity index (χ1n) is 6.36. The SMILES string of the molecule is [2H]C([2H])(C)C1CCNC(c2ccccc2)C1. The molecule has 76 valence electrons. The zero-order chi connectivity index (χ0) is 11.6. The van der Waals surface area contributed by atoms with Gasteiger partial charge in [0.15, 0.2) is 0 Å². The van der Waals surface area contributed by atoms with E-state index in [1.165, 1.54) is 5.56 Å². The Morgan fingerprint density at radius 1 is 1.43 bits per heavy atom. The van der Waals surface area contributed by atoms with Crippen LogP contribution in [0.15, 0.2) is 30.3 Å². The molecular weight excluding hydrogens is 170 g/mol. The standard InChI is InChI=1S/C13H19N/c1-2-11-8-9-14-13(10-11)12-6-4-3-5-7-12/h3-7,11,13-14H,2,8-10H2,1H3/i2D2. The Bertz CT molecular complexity index is 332. The lowest BCUT2D eigenvalue weighted by Crippen LogP contribution is -2.31. The fourth-order valence-electron chi connectivity index (χ4n) is 2.12. The minimum absolute atomic E-state index is 0.166. The monoisotopic (exact) mass is 191 g/mol. The van der Waals surface area contributed by atoms with Crippen LogP contribution in [0.25, 0.3) is 0 Å². The molecule has 2 unspecified atom stereocenters. The first kappa shape index (κ1) is 7.47. The topological polar surface area (TPSA) is 12.0 Å². The van der Waals surface area contributed by atoms with Gasteiger partial charge in [-0.1, -0.05) is 43.6 Å². The molecule has 2 rings (SSSR count). The highest BCUT2D eigenvalue weighted by molar-refractivity contribution is 5.19. The molecule has 1 aromatic rings. The van der Waals surface area contributed by atoms with Crippen molar-refractivity contribution in [1.29, 1.82) is 0 Å². The number of benzene rings is 1. The maximum atomic E-state index is 7.82. The summed E-state index contributed by atoms with van der Waals surface area (Å²) in [5.41, 5.74) is 1.27. The van der Waals surface area contributed by atoms with E-state index in [0.29, 0.717) is 6.04 Å². The highest BCUT2D eigenvalue weighted by Gasteiger charge is 2.20. The second kappa shape index (κ2) is 4.61. The predicted octanol–water partition coefficient (Wildman–Crippen LogP) is 3.14. The Balaban J connectivity index is 2.08. The Morgan fingerprint density at radius 2 is 2.21 bits per heavy atom. The molecule has 1 aromatic carbocycles. The minimum atomic E-state index is -1.06. The third-order valence-corrected chi connectivity index (χ3v) is 3.01. The van der Waals surface area contributed by atoms with Crippen LogP contribution in [0.2, 0.25) is 0 Å². The molecule has 1 saturated heterocycles. The smallest absolute Gasteiger partial charge is 0.0322 e. The normalized spacial score (nSPS) is 30.6. The summed E-state index contributed by atoms with van der Waals surface area (Å²) in [5, 5.41) is 3.47. The van der Waals surface area contributed by atoms with E-state index >= 15 is 0 Å². The predicted molar refractivity (Wildman–Crippen MR) is 60.2 cm³/mol. The van der Waals surface area contributed by atoms with Gasteiger partial charge in [0, 0.05) is 8.78 Å². The van der Waals surface area contributed by atoms with Crippen molar-refractivity contribution in [3.63, 3.8) is 0 Å². The van der Waals surface area contributed by atoms with Crippen molar-refractivity contribution in [2.45, 2.75) is 32.2 Å². The van der Waals surface area contributed by atoms with Crippen LogP contribution in [0, 0.1) is 5.92 Å². The average Bonchev–Trinajstić information content (AvgIpc) is 2.29. The first-order valence-corrected chi connectivity index (χ1v) is 5.36. The second-order valence-electron chi connectivity index (χ2n) is 3.93. The van der Waals surface area contributed by atoms with Crippen molar-refractivity contribution in [2.75, 3.05) is 6.54 Å². The molecule has 14 heavy (non-hydrogen) atoms. The van der Waals surface area contributed by atoms with Gasteiger partial charge in [-0.3, -0.25) is 0 Å². The number of piperidine rings is 1. The van der Waals surface area contributed by atoms with Gasteiger partial charge < -0.3 is 5.32 Å². The molecule has 0 amide bonds. The summed E-state index contributed by atoms with van der Waals surface area (Å²) < 4.78 is 15.6. The van der Waals surface area contributed by atoms with E-state index in [0.717, 1.165) is 19.4 Å². The van der Waals surface area contributed by atoms with Gasteiger partial charge in [-0.05, 0) is 30.9 Å². The zero-order valence-electron chi connectivity index (χ0n) is 10.7. The molecule has 2 atom stereocenters. The maximum absolute atomic E-state index is 7.82. The zero-order valence-corrected chi connectivity index (χ0v) is 8.66. The van der Waals surface area contributed by atoms with Crippen molar-refractivity contribution in [2.24, 2.45) is 5.92 Å². The van der Waals surface area contributed by atoms with E-state index in [4.69, 9.17) is 2.74 Å². The van der Waals surface area contributed by atoms with Crippen LogP contribution in [0.3, 0.4) is 0 Å². The second-order valence-corrected chi connectivity index (χ2v) is 3.93. The Labute approximate surface area is 89.3 Å². The Kier molecular flexibility index (Phi) is 2.46. The summed E-state index contributed by atoms with van der Waals surface area (Å²) in [5.74, 6) is 0.166. The molecule has 1 aliphatic rings. The fourth-order valence-corrected chi connectivity index (χ4v) is 2.12. The fraction of sp³-hybridized carbons (Fsp3) is 0.538.